The molecule has 3 rings (SSSR count). The minimum Gasteiger partial charge on any atom is -0.399 e. The lowest BCUT2D eigenvalue weighted by Gasteiger charge is -2.20. The van der Waals surface area contributed by atoms with E-state index in [4.69, 9.17) is 5.73 Å². The van der Waals surface area contributed by atoms with Crippen LogP contribution in [0.15, 0.2) is 30.3 Å². The van der Waals surface area contributed by atoms with E-state index in [2.05, 4.69) is 50.4 Å². The molecule has 0 aromatic heterocycles. The lowest BCUT2D eigenvalue weighted by atomic mass is 10.0. The normalized spacial score (nSPS) is 17.1. The van der Waals surface area contributed by atoms with Gasteiger partial charge in [0, 0.05) is 11.4 Å². The van der Waals surface area contributed by atoms with Crippen LogP contribution >= 0.6 is 0 Å². The molecule has 0 heterocycles. The predicted octanol–water partition coefficient (Wildman–Crippen LogP) is 4.29. The number of aryl methyl sites for hydroxylation is 4. The van der Waals surface area contributed by atoms with Crippen molar-refractivity contribution in [1.82, 2.24) is 0 Å². The van der Waals surface area contributed by atoms with Crippen LogP contribution < -0.4 is 11.1 Å². The third-order valence-electron chi connectivity index (χ3n) is 4.24. The molecule has 0 saturated carbocycles. The lowest BCUT2D eigenvalue weighted by molar-refractivity contribution is 0.760. The number of benzene rings is 2. The fourth-order valence-electron chi connectivity index (χ4n) is 3.37. The van der Waals surface area contributed by atoms with Crippen molar-refractivity contribution < 1.29 is 0 Å². The summed E-state index contributed by atoms with van der Waals surface area (Å²) in [6, 6.07) is 11.2. The molecule has 0 saturated heterocycles. The summed E-state index contributed by atoms with van der Waals surface area (Å²) in [6.45, 7) is 6.51. The van der Waals surface area contributed by atoms with Gasteiger partial charge in [0.25, 0.3) is 0 Å². The summed E-state index contributed by atoms with van der Waals surface area (Å²) >= 11 is 0. The summed E-state index contributed by atoms with van der Waals surface area (Å²) in [5.74, 6) is 0. The number of hydrogen-bond donors (Lipinski definition) is 2. The van der Waals surface area contributed by atoms with Crippen molar-refractivity contribution in [3.05, 3.63) is 58.1 Å². The standard InChI is InChI=1S/C18H22N2/c1-11-8-12(2)18(13(3)9-11)20-17-7-4-14-10-15(19)5-6-16(14)17/h5-6,8-10,17,20H,4,7,19H2,1-3H3. The minimum atomic E-state index is 0.408. The van der Waals surface area contributed by atoms with E-state index in [-0.39, 0.29) is 0 Å². The van der Waals surface area contributed by atoms with Crippen LogP contribution in [-0.4, -0.2) is 0 Å². The summed E-state index contributed by atoms with van der Waals surface area (Å²) in [5, 5.41) is 3.74. The van der Waals surface area contributed by atoms with Gasteiger partial charge in [0.1, 0.15) is 0 Å². The molecule has 2 heteroatoms. The third-order valence-corrected chi connectivity index (χ3v) is 4.24. The summed E-state index contributed by atoms with van der Waals surface area (Å²) in [6.07, 6.45) is 2.26. The van der Waals surface area contributed by atoms with E-state index in [0.717, 1.165) is 18.5 Å². The van der Waals surface area contributed by atoms with Gasteiger partial charge in [0.05, 0.1) is 6.04 Å². The first-order chi connectivity index (χ1) is 9.54. The summed E-state index contributed by atoms with van der Waals surface area (Å²) in [5.41, 5.74) is 14.8. The predicted molar refractivity (Wildman–Crippen MR) is 86.2 cm³/mol. The van der Waals surface area contributed by atoms with Gasteiger partial charge in [0.2, 0.25) is 0 Å². The zero-order valence-corrected chi connectivity index (χ0v) is 12.5. The monoisotopic (exact) mass is 266 g/mol. The van der Waals surface area contributed by atoms with Gasteiger partial charge in [-0.1, -0.05) is 23.8 Å². The maximum atomic E-state index is 5.87. The van der Waals surface area contributed by atoms with E-state index in [1.165, 1.54) is 33.5 Å². The fraction of sp³-hybridized carbons (Fsp3) is 0.333. The van der Waals surface area contributed by atoms with E-state index < -0.39 is 0 Å². The van der Waals surface area contributed by atoms with Crippen LogP contribution in [0.4, 0.5) is 11.4 Å². The van der Waals surface area contributed by atoms with Crippen LogP contribution in [0.3, 0.4) is 0 Å². The summed E-state index contributed by atoms with van der Waals surface area (Å²) < 4.78 is 0. The molecule has 0 radical (unpaired) electrons. The molecular formula is C18H22N2. The van der Waals surface area contributed by atoms with E-state index in [9.17, 15) is 0 Å². The third kappa shape index (κ3) is 2.26. The highest BCUT2D eigenvalue weighted by Crippen LogP contribution is 2.36. The van der Waals surface area contributed by atoms with Crippen LogP contribution in [0.5, 0.6) is 0 Å². The van der Waals surface area contributed by atoms with E-state index in [1.54, 1.807) is 0 Å². The molecule has 2 aromatic rings. The molecule has 1 aliphatic rings. The Morgan fingerprint density at radius 3 is 2.45 bits per heavy atom. The Morgan fingerprint density at radius 1 is 1.05 bits per heavy atom. The number of nitrogens with two attached hydrogens (primary N) is 1. The Labute approximate surface area is 121 Å². The Kier molecular flexibility index (Phi) is 3.17. The minimum absolute atomic E-state index is 0.408. The second-order valence-corrected chi connectivity index (χ2v) is 5.97. The topological polar surface area (TPSA) is 38.0 Å². The molecule has 20 heavy (non-hydrogen) atoms. The second kappa shape index (κ2) is 4.86. The van der Waals surface area contributed by atoms with Crippen LogP contribution in [-0.2, 0) is 6.42 Å². The largest absolute Gasteiger partial charge is 0.399 e. The van der Waals surface area contributed by atoms with Gasteiger partial charge >= 0.3 is 0 Å². The first kappa shape index (κ1) is 13.0. The molecule has 1 aliphatic carbocycles. The van der Waals surface area contributed by atoms with Gasteiger partial charge in [-0.2, -0.15) is 0 Å². The average Bonchev–Trinajstić information content (AvgIpc) is 2.76. The molecule has 2 nitrogen and oxygen atoms in total. The number of nitrogens with one attached hydrogen (secondary N) is 1. The Morgan fingerprint density at radius 2 is 1.75 bits per heavy atom. The molecule has 1 unspecified atom stereocenters. The number of fused-ring (bicyclic) bond motifs is 1. The lowest BCUT2D eigenvalue weighted by Crippen LogP contribution is -2.09. The van der Waals surface area contributed by atoms with Crippen molar-refractivity contribution >= 4 is 11.4 Å². The van der Waals surface area contributed by atoms with E-state index in [0.29, 0.717) is 6.04 Å². The Bertz CT molecular complexity index is 635. The number of hydrogen-bond acceptors (Lipinski definition) is 2. The van der Waals surface area contributed by atoms with Crippen LogP contribution in [0.1, 0.15) is 40.3 Å². The number of rotatable bonds is 2. The van der Waals surface area contributed by atoms with Gasteiger partial charge in [-0.15, -0.1) is 0 Å². The summed E-state index contributed by atoms with van der Waals surface area (Å²) in [4.78, 5) is 0. The molecule has 0 spiro atoms. The van der Waals surface area contributed by atoms with Gasteiger partial charge < -0.3 is 11.1 Å². The molecule has 3 N–H and O–H groups in total. The molecule has 104 valence electrons. The van der Waals surface area contributed by atoms with Crippen LogP contribution in [0, 0.1) is 20.8 Å². The Balaban J connectivity index is 1.91. The van der Waals surface area contributed by atoms with Gasteiger partial charge in [-0.3, -0.25) is 0 Å². The Hall–Kier alpha value is -1.96. The van der Waals surface area contributed by atoms with E-state index >= 15 is 0 Å². The molecule has 0 fully saturated rings. The van der Waals surface area contributed by atoms with Crippen LogP contribution in [0.2, 0.25) is 0 Å². The fourth-order valence-corrected chi connectivity index (χ4v) is 3.37. The van der Waals surface area contributed by atoms with Gasteiger partial charge in [-0.25, -0.2) is 0 Å². The maximum absolute atomic E-state index is 5.87. The van der Waals surface area contributed by atoms with Crippen LogP contribution in [0.25, 0.3) is 0 Å². The molecule has 2 aromatic carbocycles. The second-order valence-electron chi connectivity index (χ2n) is 5.97. The van der Waals surface area contributed by atoms with Crippen molar-refractivity contribution in [3.63, 3.8) is 0 Å². The van der Waals surface area contributed by atoms with Crippen molar-refractivity contribution in [1.29, 1.82) is 0 Å². The zero-order chi connectivity index (χ0) is 14.3. The molecular weight excluding hydrogens is 244 g/mol. The van der Waals surface area contributed by atoms with Gasteiger partial charge in [-0.05, 0) is 68.0 Å². The highest BCUT2D eigenvalue weighted by atomic mass is 14.9. The zero-order valence-electron chi connectivity index (χ0n) is 12.5. The average molecular weight is 266 g/mol. The first-order valence-corrected chi connectivity index (χ1v) is 7.27. The quantitative estimate of drug-likeness (QED) is 0.796. The van der Waals surface area contributed by atoms with Gasteiger partial charge in [0.15, 0.2) is 0 Å². The smallest absolute Gasteiger partial charge is 0.0519 e. The highest BCUT2D eigenvalue weighted by Gasteiger charge is 2.23. The van der Waals surface area contributed by atoms with Crippen molar-refractivity contribution in [3.8, 4) is 0 Å². The summed E-state index contributed by atoms with van der Waals surface area (Å²) in [7, 11) is 0. The first-order valence-electron chi connectivity index (χ1n) is 7.27. The van der Waals surface area contributed by atoms with Crippen molar-refractivity contribution in [2.75, 3.05) is 11.1 Å². The SMILES string of the molecule is Cc1cc(C)c(NC2CCc3cc(N)ccc32)c(C)c1. The van der Waals surface area contributed by atoms with Crippen molar-refractivity contribution in [2.45, 2.75) is 39.7 Å². The molecule has 1 atom stereocenters. The van der Waals surface area contributed by atoms with Crippen molar-refractivity contribution in [2.24, 2.45) is 0 Å². The molecule has 0 amide bonds. The molecule has 0 aliphatic heterocycles. The number of anilines is 2. The highest BCUT2D eigenvalue weighted by molar-refractivity contribution is 5.60. The number of nitrogen functional groups attached to an aromatic ring is 1. The molecule has 0 bridgehead atoms. The van der Waals surface area contributed by atoms with E-state index in [1.807, 2.05) is 6.07 Å². The maximum Gasteiger partial charge on any atom is 0.0519 e.